The lowest BCUT2D eigenvalue weighted by Crippen LogP contribution is -2.16. The second-order valence-corrected chi connectivity index (χ2v) is 4.86. The highest BCUT2D eigenvalue weighted by atomic mass is 79.9. The Morgan fingerprint density at radius 1 is 1.33 bits per heavy atom. The molecule has 1 aromatic heterocycles. The minimum absolute atomic E-state index is 0.197. The van der Waals surface area contributed by atoms with Gasteiger partial charge >= 0.3 is 0 Å². The highest BCUT2D eigenvalue weighted by Crippen LogP contribution is 2.35. The van der Waals surface area contributed by atoms with Gasteiger partial charge in [-0.25, -0.2) is 9.37 Å². The van der Waals surface area contributed by atoms with Crippen LogP contribution >= 0.6 is 15.9 Å². The number of halogens is 2. The minimum atomic E-state index is -0.197. The number of anilines is 2. The van der Waals surface area contributed by atoms with E-state index in [2.05, 4.69) is 25.8 Å². The summed E-state index contributed by atoms with van der Waals surface area (Å²) in [6.45, 7) is 0.857. The summed E-state index contributed by atoms with van der Waals surface area (Å²) in [5.41, 5.74) is 3.24. The molecule has 2 heterocycles. The van der Waals surface area contributed by atoms with Crippen molar-refractivity contribution < 1.29 is 4.39 Å². The van der Waals surface area contributed by atoms with E-state index in [4.69, 9.17) is 0 Å². The summed E-state index contributed by atoms with van der Waals surface area (Å²) in [5.74, 6) is 0.718. The van der Waals surface area contributed by atoms with Crippen LogP contribution in [0.5, 0.6) is 0 Å². The number of hydrogen-bond acceptors (Lipinski definition) is 2. The van der Waals surface area contributed by atoms with Crippen LogP contribution in [-0.4, -0.2) is 11.5 Å². The van der Waals surface area contributed by atoms with E-state index in [1.807, 2.05) is 18.2 Å². The summed E-state index contributed by atoms with van der Waals surface area (Å²) in [6, 6.07) is 8.93. The van der Waals surface area contributed by atoms with E-state index < -0.39 is 0 Å². The van der Waals surface area contributed by atoms with Crippen molar-refractivity contribution in [3.8, 4) is 0 Å². The van der Waals surface area contributed by atoms with Crippen LogP contribution in [0.3, 0.4) is 0 Å². The number of alkyl halides is 1. The molecule has 0 bridgehead atoms. The lowest BCUT2D eigenvalue weighted by atomic mass is 10.1. The highest BCUT2D eigenvalue weighted by molar-refractivity contribution is 9.08. The quantitative estimate of drug-likeness (QED) is 0.784. The second-order valence-electron chi connectivity index (χ2n) is 4.29. The van der Waals surface area contributed by atoms with Gasteiger partial charge in [0.05, 0.1) is 0 Å². The summed E-state index contributed by atoms with van der Waals surface area (Å²) in [6.07, 6.45) is 2.71. The Morgan fingerprint density at radius 2 is 2.22 bits per heavy atom. The first-order chi connectivity index (χ1) is 8.79. The van der Waals surface area contributed by atoms with Crippen molar-refractivity contribution in [2.45, 2.75) is 11.8 Å². The minimum Gasteiger partial charge on any atom is -0.325 e. The molecule has 0 saturated carbocycles. The summed E-state index contributed by atoms with van der Waals surface area (Å²) < 4.78 is 13.4. The summed E-state index contributed by atoms with van der Waals surface area (Å²) in [7, 11) is 0. The number of aromatic nitrogens is 1. The molecule has 2 aromatic rings. The van der Waals surface area contributed by atoms with E-state index in [9.17, 15) is 4.39 Å². The molecule has 0 saturated heterocycles. The Bertz CT molecular complexity index is 586. The Balaban J connectivity index is 2.08. The lowest BCUT2D eigenvalue weighted by Gasteiger charge is -2.20. The van der Waals surface area contributed by atoms with E-state index in [1.165, 1.54) is 11.6 Å². The third-order valence-electron chi connectivity index (χ3n) is 3.21. The fraction of sp³-hybridized carbons (Fsp3) is 0.214. The van der Waals surface area contributed by atoms with Gasteiger partial charge in [-0.1, -0.05) is 28.1 Å². The van der Waals surface area contributed by atoms with E-state index in [0.29, 0.717) is 0 Å². The average molecular weight is 307 g/mol. The van der Waals surface area contributed by atoms with Gasteiger partial charge in [-0.3, -0.25) is 0 Å². The zero-order valence-corrected chi connectivity index (χ0v) is 11.3. The van der Waals surface area contributed by atoms with E-state index in [-0.39, 0.29) is 5.82 Å². The Morgan fingerprint density at radius 3 is 3.06 bits per heavy atom. The van der Waals surface area contributed by atoms with Crippen LogP contribution in [0.4, 0.5) is 15.9 Å². The molecule has 0 atom stereocenters. The number of rotatable bonds is 2. The average Bonchev–Trinajstić information content (AvgIpc) is 2.81. The van der Waals surface area contributed by atoms with Crippen LogP contribution in [0.1, 0.15) is 11.1 Å². The Labute approximate surface area is 114 Å². The van der Waals surface area contributed by atoms with Gasteiger partial charge in [0.25, 0.3) is 0 Å². The molecule has 0 amide bonds. The molecule has 0 spiro atoms. The van der Waals surface area contributed by atoms with Gasteiger partial charge in [0, 0.05) is 29.3 Å². The summed E-state index contributed by atoms with van der Waals surface area (Å²) >= 11 is 3.47. The van der Waals surface area contributed by atoms with E-state index in [1.54, 1.807) is 12.3 Å². The molecule has 3 rings (SSSR count). The monoisotopic (exact) mass is 306 g/mol. The SMILES string of the molecule is Fc1ccc2c(c1)N(c1ncccc1CBr)CC2. The predicted molar refractivity (Wildman–Crippen MR) is 74.0 cm³/mol. The van der Waals surface area contributed by atoms with E-state index >= 15 is 0 Å². The predicted octanol–water partition coefficient (Wildman–Crippen LogP) is 3.81. The van der Waals surface area contributed by atoms with Crippen molar-refractivity contribution in [2.75, 3.05) is 11.4 Å². The van der Waals surface area contributed by atoms with Crippen molar-refractivity contribution >= 4 is 27.4 Å². The maximum Gasteiger partial charge on any atom is 0.137 e. The maximum atomic E-state index is 13.4. The third kappa shape index (κ3) is 1.90. The fourth-order valence-electron chi connectivity index (χ4n) is 2.35. The van der Waals surface area contributed by atoms with Crippen molar-refractivity contribution in [2.24, 2.45) is 0 Å². The number of benzene rings is 1. The maximum absolute atomic E-state index is 13.4. The molecular formula is C14H12BrFN2. The first-order valence-electron chi connectivity index (χ1n) is 5.85. The van der Waals surface area contributed by atoms with Gasteiger partial charge in [-0.15, -0.1) is 0 Å². The van der Waals surface area contributed by atoms with Crippen LogP contribution in [0, 0.1) is 5.82 Å². The zero-order valence-electron chi connectivity index (χ0n) is 9.74. The second kappa shape index (κ2) is 4.69. The van der Waals surface area contributed by atoms with Crippen LogP contribution in [0.15, 0.2) is 36.5 Å². The molecule has 0 aliphatic carbocycles. The molecule has 1 aliphatic rings. The summed E-state index contributed by atoms with van der Waals surface area (Å²) in [4.78, 5) is 6.53. The molecule has 18 heavy (non-hydrogen) atoms. The number of fused-ring (bicyclic) bond motifs is 1. The Hall–Kier alpha value is -1.42. The van der Waals surface area contributed by atoms with Crippen LogP contribution in [-0.2, 0) is 11.8 Å². The topological polar surface area (TPSA) is 16.1 Å². The van der Waals surface area contributed by atoms with Gasteiger partial charge in [0.15, 0.2) is 0 Å². The number of pyridine rings is 1. The lowest BCUT2D eigenvalue weighted by molar-refractivity contribution is 0.628. The van der Waals surface area contributed by atoms with Gasteiger partial charge < -0.3 is 4.90 Å². The van der Waals surface area contributed by atoms with Crippen LogP contribution in [0.25, 0.3) is 0 Å². The first-order valence-corrected chi connectivity index (χ1v) is 6.97. The van der Waals surface area contributed by atoms with Crippen molar-refractivity contribution in [1.82, 2.24) is 4.98 Å². The molecule has 0 radical (unpaired) electrons. The molecule has 2 nitrogen and oxygen atoms in total. The number of hydrogen-bond donors (Lipinski definition) is 0. The molecule has 0 N–H and O–H groups in total. The zero-order chi connectivity index (χ0) is 12.5. The summed E-state index contributed by atoms with van der Waals surface area (Å²) in [5, 5.41) is 0.747. The molecule has 4 heteroatoms. The molecule has 92 valence electrons. The molecule has 1 aromatic carbocycles. The highest BCUT2D eigenvalue weighted by Gasteiger charge is 2.23. The fourth-order valence-corrected chi connectivity index (χ4v) is 2.79. The van der Waals surface area contributed by atoms with E-state index in [0.717, 1.165) is 35.4 Å². The van der Waals surface area contributed by atoms with Crippen LogP contribution in [0.2, 0.25) is 0 Å². The largest absolute Gasteiger partial charge is 0.325 e. The Kier molecular flexibility index (Phi) is 3.04. The van der Waals surface area contributed by atoms with Crippen LogP contribution < -0.4 is 4.90 Å². The first kappa shape index (κ1) is 11.7. The van der Waals surface area contributed by atoms with Gasteiger partial charge in [-0.05, 0) is 30.2 Å². The van der Waals surface area contributed by atoms with Crippen molar-refractivity contribution in [1.29, 1.82) is 0 Å². The van der Waals surface area contributed by atoms with Crippen molar-refractivity contribution in [3.63, 3.8) is 0 Å². The molecular weight excluding hydrogens is 295 g/mol. The molecule has 1 aliphatic heterocycles. The smallest absolute Gasteiger partial charge is 0.137 e. The van der Waals surface area contributed by atoms with Gasteiger partial charge in [-0.2, -0.15) is 0 Å². The molecule has 0 fully saturated rings. The van der Waals surface area contributed by atoms with Crippen molar-refractivity contribution in [3.05, 3.63) is 53.5 Å². The van der Waals surface area contributed by atoms with Gasteiger partial charge in [0.1, 0.15) is 11.6 Å². The normalized spacial score (nSPS) is 13.8. The number of nitrogens with zero attached hydrogens (tertiary/aromatic N) is 2. The third-order valence-corrected chi connectivity index (χ3v) is 3.81. The molecule has 0 unspecified atom stereocenters. The standard InChI is InChI=1S/C14H12BrFN2/c15-9-11-2-1-6-17-14(11)18-7-5-10-3-4-12(16)8-13(10)18/h1-4,6,8H,5,7,9H2. The van der Waals surface area contributed by atoms with Gasteiger partial charge in [0.2, 0.25) is 0 Å².